The minimum atomic E-state index is -0.118. The molecule has 1 aliphatic rings. The molecule has 0 spiro atoms. The number of hydrogen-bond acceptors (Lipinski definition) is 4. The van der Waals surface area contributed by atoms with E-state index in [9.17, 15) is 0 Å². The quantitative estimate of drug-likeness (QED) is 0.777. The normalized spacial score (nSPS) is 16.9. The summed E-state index contributed by atoms with van der Waals surface area (Å²) >= 11 is 0. The van der Waals surface area contributed by atoms with Gasteiger partial charge in [-0.15, -0.1) is 0 Å². The number of nitrogens with zero attached hydrogens (tertiary/aromatic N) is 1. The Balaban J connectivity index is 1.90. The molecule has 1 atom stereocenters. The highest BCUT2D eigenvalue weighted by molar-refractivity contribution is 6.01. The van der Waals surface area contributed by atoms with Gasteiger partial charge < -0.3 is 15.8 Å². The summed E-state index contributed by atoms with van der Waals surface area (Å²) in [7, 11) is 0. The van der Waals surface area contributed by atoms with Gasteiger partial charge in [-0.1, -0.05) is 17.7 Å². The van der Waals surface area contributed by atoms with Gasteiger partial charge >= 0.3 is 0 Å². The van der Waals surface area contributed by atoms with E-state index in [0.717, 1.165) is 23.0 Å². The number of aryl methyl sites for hydroxylation is 1. The number of rotatable bonds is 1. The van der Waals surface area contributed by atoms with Crippen LogP contribution in [0.1, 0.15) is 12.5 Å². The van der Waals surface area contributed by atoms with Crippen LogP contribution in [-0.2, 0) is 0 Å². The topological polar surface area (TPSA) is 59.6 Å². The van der Waals surface area contributed by atoms with Gasteiger partial charge in [-0.3, -0.25) is 0 Å². The summed E-state index contributed by atoms with van der Waals surface area (Å²) in [4.78, 5) is 4.61. The van der Waals surface area contributed by atoms with Gasteiger partial charge in [-0.25, -0.2) is 4.99 Å². The van der Waals surface area contributed by atoms with Crippen LogP contribution in [0.25, 0.3) is 0 Å². The van der Waals surface area contributed by atoms with Gasteiger partial charge in [-0.05, 0) is 44.2 Å². The maximum Gasteiger partial charge on any atom is 0.153 e. The van der Waals surface area contributed by atoms with Crippen molar-refractivity contribution in [2.24, 2.45) is 4.99 Å². The van der Waals surface area contributed by atoms with Gasteiger partial charge in [0.05, 0.1) is 0 Å². The summed E-state index contributed by atoms with van der Waals surface area (Å²) in [5.74, 6) is 1.55. The van der Waals surface area contributed by atoms with Gasteiger partial charge in [0.25, 0.3) is 0 Å². The van der Waals surface area contributed by atoms with Crippen LogP contribution in [0.15, 0.2) is 47.5 Å². The van der Waals surface area contributed by atoms with Crippen molar-refractivity contribution in [3.8, 4) is 5.75 Å². The van der Waals surface area contributed by atoms with E-state index in [1.54, 1.807) is 0 Å². The number of anilines is 2. The Morgan fingerprint density at radius 3 is 2.65 bits per heavy atom. The maximum absolute atomic E-state index is 5.85. The van der Waals surface area contributed by atoms with Crippen LogP contribution >= 0.6 is 0 Å². The van der Waals surface area contributed by atoms with Crippen LogP contribution in [0, 0.1) is 6.92 Å². The maximum atomic E-state index is 5.85. The van der Waals surface area contributed by atoms with E-state index < -0.39 is 0 Å². The fraction of sp³-hybridized carbons (Fsp3) is 0.188. The molecule has 0 saturated heterocycles. The summed E-state index contributed by atoms with van der Waals surface area (Å²) in [6, 6.07) is 13.7. The van der Waals surface area contributed by atoms with E-state index in [2.05, 4.69) is 29.4 Å². The number of ether oxygens (including phenoxy) is 1. The second-order valence-electron chi connectivity index (χ2n) is 4.98. The molecule has 1 heterocycles. The van der Waals surface area contributed by atoms with Crippen molar-refractivity contribution in [2.45, 2.75) is 20.0 Å². The number of fused-ring (bicyclic) bond motifs is 1. The SMILES string of the molecule is Cc1ccc(NC2=Nc3cc(N)ccc3OC2C)cc1. The Morgan fingerprint density at radius 1 is 1.15 bits per heavy atom. The van der Waals surface area contributed by atoms with E-state index >= 15 is 0 Å². The molecule has 3 rings (SSSR count). The Labute approximate surface area is 118 Å². The Hall–Kier alpha value is -2.49. The largest absolute Gasteiger partial charge is 0.481 e. The first-order valence-corrected chi connectivity index (χ1v) is 6.60. The van der Waals surface area contributed by atoms with Crippen LogP contribution in [0.2, 0.25) is 0 Å². The molecular weight excluding hydrogens is 250 g/mol. The number of benzene rings is 2. The summed E-state index contributed by atoms with van der Waals surface area (Å²) in [6.45, 7) is 4.03. The Kier molecular flexibility index (Phi) is 3.06. The molecule has 0 aromatic heterocycles. The number of nitrogens with one attached hydrogen (secondary N) is 1. The van der Waals surface area contributed by atoms with Gasteiger partial charge in [0.15, 0.2) is 6.10 Å². The van der Waals surface area contributed by atoms with Gasteiger partial charge in [-0.2, -0.15) is 0 Å². The molecule has 0 bridgehead atoms. The molecule has 0 aliphatic carbocycles. The molecule has 4 nitrogen and oxygen atoms in total. The molecular formula is C16H17N3O. The summed E-state index contributed by atoms with van der Waals surface area (Å²) in [5.41, 5.74) is 9.45. The molecule has 2 aromatic carbocycles. The molecule has 0 saturated carbocycles. The Bertz CT molecular complexity index is 662. The standard InChI is InChI=1S/C16H17N3O/c1-10-3-6-13(7-4-10)18-16-11(2)20-15-8-5-12(17)9-14(15)19-16/h3-9,11H,17H2,1-2H3,(H,18,19). The fourth-order valence-electron chi connectivity index (χ4n) is 2.10. The van der Waals surface area contributed by atoms with Gasteiger partial charge in [0.1, 0.15) is 17.3 Å². The Morgan fingerprint density at radius 2 is 1.90 bits per heavy atom. The zero-order valence-corrected chi connectivity index (χ0v) is 11.6. The predicted octanol–water partition coefficient (Wildman–Crippen LogP) is 3.50. The summed E-state index contributed by atoms with van der Waals surface area (Å²) in [6.07, 6.45) is -0.118. The van der Waals surface area contributed by atoms with Crippen molar-refractivity contribution in [2.75, 3.05) is 11.1 Å². The number of nitrogens with two attached hydrogens (primary N) is 1. The van der Waals surface area contributed by atoms with Crippen LogP contribution < -0.4 is 15.8 Å². The van der Waals surface area contributed by atoms with E-state index in [1.807, 2.05) is 37.3 Å². The van der Waals surface area contributed by atoms with Crippen molar-refractivity contribution < 1.29 is 4.74 Å². The second kappa shape index (κ2) is 4.89. The highest BCUT2D eigenvalue weighted by atomic mass is 16.5. The lowest BCUT2D eigenvalue weighted by Crippen LogP contribution is -2.32. The average Bonchev–Trinajstić information content (AvgIpc) is 2.42. The van der Waals surface area contributed by atoms with Gasteiger partial charge in [0, 0.05) is 11.4 Å². The monoisotopic (exact) mass is 267 g/mol. The number of aliphatic imine (C=N–C) groups is 1. The third kappa shape index (κ3) is 2.45. The first-order valence-electron chi connectivity index (χ1n) is 6.60. The molecule has 0 amide bonds. The van der Waals surface area contributed by atoms with Crippen LogP contribution in [-0.4, -0.2) is 11.9 Å². The second-order valence-corrected chi connectivity index (χ2v) is 4.98. The molecule has 0 fully saturated rings. The van der Waals surface area contributed by atoms with E-state index in [1.165, 1.54) is 5.56 Å². The lowest BCUT2D eigenvalue weighted by Gasteiger charge is -2.24. The van der Waals surface area contributed by atoms with Crippen LogP contribution in [0.4, 0.5) is 17.1 Å². The predicted molar refractivity (Wildman–Crippen MR) is 82.8 cm³/mol. The zero-order valence-electron chi connectivity index (χ0n) is 11.6. The van der Waals surface area contributed by atoms with E-state index in [-0.39, 0.29) is 6.10 Å². The van der Waals surface area contributed by atoms with E-state index in [0.29, 0.717) is 5.69 Å². The summed E-state index contributed by atoms with van der Waals surface area (Å²) < 4.78 is 5.85. The van der Waals surface area contributed by atoms with Gasteiger partial charge in [0.2, 0.25) is 0 Å². The molecule has 4 heteroatoms. The first kappa shape index (κ1) is 12.5. The van der Waals surface area contributed by atoms with Crippen LogP contribution in [0.3, 0.4) is 0 Å². The van der Waals surface area contributed by atoms with Crippen molar-refractivity contribution in [1.82, 2.24) is 0 Å². The fourth-order valence-corrected chi connectivity index (χ4v) is 2.10. The highest BCUT2D eigenvalue weighted by Gasteiger charge is 2.20. The third-order valence-electron chi connectivity index (χ3n) is 3.24. The molecule has 20 heavy (non-hydrogen) atoms. The lowest BCUT2D eigenvalue weighted by atomic mass is 10.2. The molecule has 2 aromatic rings. The number of hydrogen-bond donors (Lipinski definition) is 2. The minimum absolute atomic E-state index is 0.118. The lowest BCUT2D eigenvalue weighted by molar-refractivity contribution is 0.283. The number of nitrogen functional groups attached to an aromatic ring is 1. The van der Waals surface area contributed by atoms with Crippen LogP contribution in [0.5, 0.6) is 5.75 Å². The summed E-state index contributed by atoms with van der Waals surface area (Å²) in [5, 5.41) is 3.30. The van der Waals surface area contributed by atoms with Crippen molar-refractivity contribution in [3.63, 3.8) is 0 Å². The number of amidine groups is 1. The van der Waals surface area contributed by atoms with Crippen molar-refractivity contribution in [1.29, 1.82) is 0 Å². The van der Waals surface area contributed by atoms with Crippen molar-refractivity contribution >= 4 is 22.9 Å². The molecule has 102 valence electrons. The minimum Gasteiger partial charge on any atom is -0.481 e. The first-order chi connectivity index (χ1) is 9.61. The van der Waals surface area contributed by atoms with Crippen molar-refractivity contribution in [3.05, 3.63) is 48.0 Å². The highest BCUT2D eigenvalue weighted by Crippen LogP contribution is 2.34. The molecule has 1 unspecified atom stereocenters. The third-order valence-corrected chi connectivity index (χ3v) is 3.24. The average molecular weight is 267 g/mol. The smallest absolute Gasteiger partial charge is 0.153 e. The zero-order chi connectivity index (χ0) is 14.1. The van der Waals surface area contributed by atoms with E-state index in [4.69, 9.17) is 10.5 Å². The molecule has 3 N–H and O–H groups in total. The molecule has 0 radical (unpaired) electrons. The molecule has 1 aliphatic heterocycles.